The Morgan fingerprint density at radius 3 is 0.910 bits per heavy atom. The van der Waals surface area contributed by atoms with Gasteiger partial charge in [0.15, 0.2) is 0 Å². The van der Waals surface area contributed by atoms with Crippen molar-refractivity contribution in [1.82, 2.24) is 30.4 Å². The van der Waals surface area contributed by atoms with E-state index < -0.39 is 36.4 Å². The fourth-order valence-electron chi connectivity index (χ4n) is 6.62. The molecule has 24 nitrogen and oxygen atoms in total. The maximum Gasteiger partial charge on any atom is 0.513 e. The van der Waals surface area contributed by atoms with Gasteiger partial charge in [0.25, 0.3) is 17.7 Å². The van der Waals surface area contributed by atoms with Crippen molar-refractivity contribution in [3.05, 3.63) is 129 Å². The molecular formula is C54H48N6O18. The molecule has 0 atom stereocenters. The summed E-state index contributed by atoms with van der Waals surface area (Å²) in [6, 6.07) is 24.0. The first-order chi connectivity index (χ1) is 38.0. The third-order valence-corrected chi connectivity index (χ3v) is 10.3. The molecule has 0 N–H and O–H groups in total. The number of carbonyl (C=O) groups is 6. The van der Waals surface area contributed by atoms with Crippen molar-refractivity contribution >= 4 is 36.4 Å². The molecule has 0 aliphatic carbocycles. The van der Waals surface area contributed by atoms with Crippen LogP contribution in [0.4, 0.5) is 14.4 Å². The van der Waals surface area contributed by atoms with E-state index in [2.05, 4.69) is 50.2 Å². The van der Waals surface area contributed by atoms with Gasteiger partial charge < -0.3 is 56.2 Å². The van der Waals surface area contributed by atoms with E-state index in [9.17, 15) is 28.8 Å². The maximum atomic E-state index is 12.5. The summed E-state index contributed by atoms with van der Waals surface area (Å²) < 4.78 is 63.6. The molecule has 3 heterocycles. The summed E-state index contributed by atoms with van der Waals surface area (Å²) in [5.74, 6) is -0.770. The number of hydrogen-bond acceptors (Lipinski definition) is 24. The largest absolute Gasteiger partial charge is 0.513 e. The van der Waals surface area contributed by atoms with Crippen LogP contribution in [0, 0.1) is 0 Å². The fraction of sp³-hybridized carbons (Fsp3) is 0.222. The quantitative estimate of drug-likeness (QED) is 0.0152. The number of carbonyl (C=O) groups excluding carboxylic acids is 6. The molecule has 7 aromatic rings. The summed E-state index contributed by atoms with van der Waals surface area (Å²) in [6.45, 7) is 10.5. The van der Waals surface area contributed by atoms with Gasteiger partial charge in [-0.3, -0.25) is 0 Å². The van der Waals surface area contributed by atoms with E-state index >= 15 is 0 Å². The zero-order chi connectivity index (χ0) is 55.1. The number of esters is 3. The molecule has 24 heteroatoms. The number of nitrogens with zero attached hydrogens (tertiary/aromatic N) is 6. The van der Waals surface area contributed by atoms with Gasteiger partial charge in [0, 0.05) is 51.6 Å². The average molecular weight is 1070 g/mol. The summed E-state index contributed by atoms with van der Waals surface area (Å²) in [4.78, 5) is 84.9. The molecule has 0 aliphatic rings. The molecule has 7 rings (SSSR count). The molecule has 0 aliphatic heterocycles. The molecule has 0 saturated carbocycles. The van der Waals surface area contributed by atoms with Crippen LogP contribution in [-0.4, -0.2) is 106 Å². The third kappa shape index (κ3) is 16.9. The van der Waals surface area contributed by atoms with Crippen LogP contribution in [0.3, 0.4) is 0 Å². The van der Waals surface area contributed by atoms with Crippen LogP contribution in [-0.2, 0) is 42.8 Å². The number of rotatable bonds is 27. The Morgan fingerprint density at radius 1 is 0.372 bits per heavy atom. The summed E-state index contributed by atoms with van der Waals surface area (Å²) >= 11 is 0. The van der Waals surface area contributed by atoms with Crippen LogP contribution in [0.5, 0.6) is 17.2 Å². The second kappa shape index (κ2) is 28.4. The fourth-order valence-corrected chi connectivity index (χ4v) is 6.62. The number of benzene rings is 4. The van der Waals surface area contributed by atoms with Crippen molar-refractivity contribution in [2.75, 3.05) is 39.6 Å². The molecule has 0 fully saturated rings. The van der Waals surface area contributed by atoms with Gasteiger partial charge in [-0.2, -0.15) is 15.0 Å². The van der Waals surface area contributed by atoms with Crippen molar-refractivity contribution in [2.24, 2.45) is 0 Å². The van der Waals surface area contributed by atoms with E-state index in [0.29, 0.717) is 71.9 Å². The molecule has 0 bridgehead atoms. The first kappa shape index (κ1) is 55.5. The lowest BCUT2D eigenvalue weighted by Gasteiger charge is -2.07. The summed E-state index contributed by atoms with van der Waals surface area (Å²) in [5.41, 5.74) is 2.29. The molecule has 0 amide bonds. The van der Waals surface area contributed by atoms with Crippen LogP contribution in [0.15, 0.2) is 143 Å². The monoisotopic (exact) mass is 1070 g/mol. The standard InChI is InChI=1S/C54H48N6O18/c1-4-43(61)67-22-7-10-25-70-52(64)73-40-19-13-16-34(31-40)46-55-49(76-58-46)37-28-38(50-56-47(59-77-50)35-17-14-20-41(32-35)74-53(65)71-26-11-8-23-68-44(62)5-2)30-39(29-37)51-57-48(60-78-51)36-18-15-21-42(33-36)75-54(66)72-27-12-9-24-69-45(63)6-3/h4-6,13-21,28-33H,1-3,7-12,22-27H2. The SMILES string of the molecule is C=CC(=O)OCCCCOC(=O)Oc1cccc(-c2noc(-c3cc(-c4nc(-c5cccc(OC(=O)OCCCCOC(=O)C=C)c5)no4)cc(-c4nc(-c5cccc(OC(=O)OCCCCOC(=O)C=C)c5)no4)c3)n2)c1. The second-order valence-electron chi connectivity index (χ2n) is 16.0. The molecule has 0 spiro atoms. The summed E-state index contributed by atoms with van der Waals surface area (Å²) in [7, 11) is 0. The van der Waals surface area contributed by atoms with E-state index in [1.807, 2.05) is 0 Å². The first-order valence-electron chi connectivity index (χ1n) is 23.9. The van der Waals surface area contributed by atoms with Crippen molar-refractivity contribution in [3.8, 4) is 85.8 Å². The Hall–Kier alpha value is -10.3. The van der Waals surface area contributed by atoms with Crippen molar-refractivity contribution in [1.29, 1.82) is 0 Å². The van der Waals surface area contributed by atoms with Crippen molar-refractivity contribution in [3.63, 3.8) is 0 Å². The summed E-state index contributed by atoms with van der Waals surface area (Å²) in [5, 5.41) is 12.5. The molecule has 0 radical (unpaired) electrons. The highest BCUT2D eigenvalue weighted by Crippen LogP contribution is 2.35. The highest BCUT2D eigenvalue weighted by atomic mass is 16.7. The van der Waals surface area contributed by atoms with Gasteiger partial charge in [-0.1, -0.05) is 71.6 Å². The minimum absolute atomic E-state index is 0.0257. The van der Waals surface area contributed by atoms with Gasteiger partial charge in [-0.25, -0.2) is 28.8 Å². The minimum Gasteiger partial charge on any atom is -0.463 e. The molecule has 3 aromatic heterocycles. The molecule has 4 aromatic carbocycles. The van der Waals surface area contributed by atoms with E-state index in [4.69, 9.17) is 56.2 Å². The van der Waals surface area contributed by atoms with E-state index in [0.717, 1.165) is 18.2 Å². The molecular weight excluding hydrogens is 1020 g/mol. The van der Waals surface area contributed by atoms with Gasteiger partial charge >= 0.3 is 36.4 Å². The Bertz CT molecular complexity index is 2900. The molecule has 0 unspecified atom stereocenters. The van der Waals surface area contributed by atoms with Crippen LogP contribution in [0.2, 0.25) is 0 Å². The normalized spacial score (nSPS) is 10.6. The van der Waals surface area contributed by atoms with Gasteiger partial charge in [-0.15, -0.1) is 0 Å². The Balaban J connectivity index is 1.08. The number of aromatic nitrogens is 6. The van der Waals surface area contributed by atoms with Gasteiger partial charge in [0.1, 0.15) is 17.2 Å². The maximum absolute atomic E-state index is 12.5. The lowest BCUT2D eigenvalue weighted by Crippen LogP contribution is -2.12. The van der Waals surface area contributed by atoms with Crippen LogP contribution in [0.1, 0.15) is 38.5 Å². The third-order valence-electron chi connectivity index (χ3n) is 10.3. The van der Waals surface area contributed by atoms with Crippen molar-refractivity contribution in [2.45, 2.75) is 38.5 Å². The van der Waals surface area contributed by atoms with Gasteiger partial charge in [0.2, 0.25) is 17.5 Å². The lowest BCUT2D eigenvalue weighted by molar-refractivity contribution is -0.138. The van der Waals surface area contributed by atoms with E-state index in [-0.39, 0.29) is 92.0 Å². The summed E-state index contributed by atoms with van der Waals surface area (Å²) in [6.07, 6.45) is 2.98. The highest BCUT2D eigenvalue weighted by molar-refractivity contribution is 5.82. The number of ether oxygens (including phenoxy) is 9. The lowest BCUT2D eigenvalue weighted by atomic mass is 10.0. The van der Waals surface area contributed by atoms with Crippen LogP contribution in [0.25, 0.3) is 68.5 Å². The Kier molecular flexibility index (Phi) is 20.2. The van der Waals surface area contributed by atoms with E-state index in [1.165, 1.54) is 18.2 Å². The predicted molar refractivity (Wildman–Crippen MR) is 270 cm³/mol. The number of hydrogen-bond donors (Lipinski definition) is 0. The average Bonchev–Trinajstić information content (AvgIpc) is 4.33. The van der Waals surface area contributed by atoms with Gasteiger partial charge in [0.05, 0.1) is 39.6 Å². The van der Waals surface area contributed by atoms with Crippen LogP contribution >= 0.6 is 0 Å². The molecule has 402 valence electrons. The minimum atomic E-state index is -0.950. The predicted octanol–water partition coefficient (Wildman–Crippen LogP) is 9.91. The zero-order valence-electron chi connectivity index (χ0n) is 41.5. The Morgan fingerprint density at radius 2 is 0.641 bits per heavy atom. The number of unbranched alkanes of at least 4 members (excludes halogenated alkanes) is 3. The first-order valence-corrected chi connectivity index (χ1v) is 23.9. The topological polar surface area (TPSA) is 302 Å². The molecule has 0 saturated heterocycles. The Labute approximate surface area is 443 Å². The highest BCUT2D eigenvalue weighted by Gasteiger charge is 2.22. The smallest absolute Gasteiger partial charge is 0.463 e. The van der Waals surface area contributed by atoms with Crippen LogP contribution < -0.4 is 14.2 Å². The molecule has 78 heavy (non-hydrogen) atoms. The second-order valence-corrected chi connectivity index (χ2v) is 16.0. The van der Waals surface area contributed by atoms with E-state index in [1.54, 1.807) is 72.8 Å². The van der Waals surface area contributed by atoms with Gasteiger partial charge in [-0.05, 0) is 93.1 Å². The zero-order valence-corrected chi connectivity index (χ0v) is 41.5. The van der Waals surface area contributed by atoms with Crippen molar-refractivity contribution < 1.29 is 85.0 Å².